The summed E-state index contributed by atoms with van der Waals surface area (Å²) in [5, 5.41) is 0. The van der Waals surface area contributed by atoms with Gasteiger partial charge in [0.05, 0.1) is 0 Å². The van der Waals surface area contributed by atoms with E-state index in [1.807, 2.05) is 0 Å². The maximum absolute atomic E-state index is 6.11. The van der Waals surface area contributed by atoms with E-state index >= 15 is 0 Å². The molecule has 1 aliphatic heterocycles. The third kappa shape index (κ3) is 4.23. The summed E-state index contributed by atoms with van der Waals surface area (Å²) in [6.07, 6.45) is 8.75. The van der Waals surface area contributed by atoms with E-state index in [4.69, 9.17) is 5.73 Å². The molecule has 1 saturated heterocycles. The average Bonchev–Trinajstić information content (AvgIpc) is 2.74. The highest BCUT2D eigenvalue weighted by atomic mass is 15.2. The highest BCUT2D eigenvalue weighted by molar-refractivity contribution is 5.52. The van der Waals surface area contributed by atoms with Crippen LogP contribution < -0.4 is 10.6 Å². The number of hydrogen-bond donors (Lipinski definition) is 1. The normalized spacial score (nSPS) is 21.1. The fraction of sp³-hybridized carbons (Fsp3) is 0.684. The van der Waals surface area contributed by atoms with Gasteiger partial charge >= 0.3 is 0 Å². The van der Waals surface area contributed by atoms with Crippen LogP contribution in [0.15, 0.2) is 18.2 Å². The molecular formula is C19H32N2. The van der Waals surface area contributed by atoms with Crippen LogP contribution in [-0.4, -0.2) is 18.6 Å². The monoisotopic (exact) mass is 288 g/mol. The lowest BCUT2D eigenvalue weighted by atomic mass is 9.98. The molecule has 0 aromatic heterocycles. The van der Waals surface area contributed by atoms with Gasteiger partial charge in [-0.15, -0.1) is 0 Å². The van der Waals surface area contributed by atoms with Crippen LogP contribution in [0, 0.1) is 6.92 Å². The summed E-state index contributed by atoms with van der Waals surface area (Å²) in [4.78, 5) is 2.64. The number of rotatable bonds is 5. The first-order valence-corrected chi connectivity index (χ1v) is 8.77. The zero-order valence-electron chi connectivity index (χ0n) is 14.1. The Morgan fingerprint density at radius 3 is 2.71 bits per heavy atom. The highest BCUT2D eigenvalue weighted by Crippen LogP contribution is 2.28. The molecular weight excluding hydrogens is 256 g/mol. The van der Waals surface area contributed by atoms with Gasteiger partial charge in [0, 0.05) is 24.3 Å². The molecule has 2 atom stereocenters. The van der Waals surface area contributed by atoms with Crippen molar-refractivity contribution in [3.8, 4) is 0 Å². The SMILES string of the molecule is CCC(N)Cc1ccc(N2CCCCCC2CC)cc1C. The van der Waals surface area contributed by atoms with Gasteiger partial charge in [-0.1, -0.05) is 32.8 Å². The first-order chi connectivity index (χ1) is 10.2. The van der Waals surface area contributed by atoms with Crippen molar-refractivity contribution in [1.29, 1.82) is 0 Å². The fourth-order valence-electron chi connectivity index (χ4n) is 3.46. The van der Waals surface area contributed by atoms with Crippen molar-refractivity contribution in [2.75, 3.05) is 11.4 Å². The first-order valence-electron chi connectivity index (χ1n) is 8.77. The molecule has 1 aromatic rings. The second-order valence-electron chi connectivity index (χ2n) is 6.59. The van der Waals surface area contributed by atoms with Gasteiger partial charge in [0.25, 0.3) is 0 Å². The maximum atomic E-state index is 6.11. The second-order valence-corrected chi connectivity index (χ2v) is 6.59. The van der Waals surface area contributed by atoms with Gasteiger partial charge in [0.1, 0.15) is 0 Å². The van der Waals surface area contributed by atoms with Gasteiger partial charge in [-0.05, 0) is 62.3 Å². The van der Waals surface area contributed by atoms with Crippen LogP contribution >= 0.6 is 0 Å². The van der Waals surface area contributed by atoms with Crippen molar-refractivity contribution in [3.05, 3.63) is 29.3 Å². The van der Waals surface area contributed by atoms with Crippen LogP contribution in [0.2, 0.25) is 0 Å². The molecule has 0 saturated carbocycles. The largest absolute Gasteiger partial charge is 0.369 e. The van der Waals surface area contributed by atoms with E-state index in [1.54, 1.807) is 0 Å². The predicted molar refractivity (Wildman–Crippen MR) is 93.0 cm³/mol. The van der Waals surface area contributed by atoms with Crippen molar-refractivity contribution in [3.63, 3.8) is 0 Å². The molecule has 2 rings (SSSR count). The molecule has 1 aliphatic rings. The van der Waals surface area contributed by atoms with E-state index in [1.165, 1.54) is 55.5 Å². The summed E-state index contributed by atoms with van der Waals surface area (Å²) in [7, 11) is 0. The van der Waals surface area contributed by atoms with E-state index in [0.29, 0.717) is 0 Å². The lowest BCUT2D eigenvalue weighted by molar-refractivity contribution is 0.556. The number of nitrogens with zero attached hydrogens (tertiary/aromatic N) is 1. The molecule has 1 fully saturated rings. The summed E-state index contributed by atoms with van der Waals surface area (Å²) in [6.45, 7) is 7.94. The van der Waals surface area contributed by atoms with Crippen LogP contribution in [0.5, 0.6) is 0 Å². The Labute approximate surface area is 130 Å². The lowest BCUT2D eigenvalue weighted by Crippen LogP contribution is -2.34. The molecule has 2 unspecified atom stereocenters. The van der Waals surface area contributed by atoms with Gasteiger partial charge in [-0.3, -0.25) is 0 Å². The fourth-order valence-corrected chi connectivity index (χ4v) is 3.46. The number of benzene rings is 1. The van der Waals surface area contributed by atoms with Gasteiger partial charge in [0.15, 0.2) is 0 Å². The topological polar surface area (TPSA) is 29.3 Å². The molecule has 1 aromatic carbocycles. The van der Waals surface area contributed by atoms with Crippen LogP contribution in [0.25, 0.3) is 0 Å². The number of nitrogens with two attached hydrogens (primary N) is 1. The summed E-state index contributed by atoms with van der Waals surface area (Å²) in [5.74, 6) is 0. The minimum Gasteiger partial charge on any atom is -0.369 e. The Balaban J connectivity index is 2.17. The van der Waals surface area contributed by atoms with Crippen LogP contribution in [-0.2, 0) is 6.42 Å². The zero-order chi connectivity index (χ0) is 15.2. The smallest absolute Gasteiger partial charge is 0.0371 e. The van der Waals surface area contributed by atoms with Crippen molar-refractivity contribution >= 4 is 5.69 Å². The number of anilines is 1. The summed E-state index contributed by atoms with van der Waals surface area (Å²) in [5.41, 5.74) is 10.3. The molecule has 2 heteroatoms. The lowest BCUT2D eigenvalue weighted by Gasteiger charge is -2.32. The maximum Gasteiger partial charge on any atom is 0.0371 e. The Kier molecular flexibility index (Phi) is 6.10. The Morgan fingerprint density at radius 1 is 1.24 bits per heavy atom. The Morgan fingerprint density at radius 2 is 2.05 bits per heavy atom. The van der Waals surface area contributed by atoms with Gasteiger partial charge in [0.2, 0.25) is 0 Å². The van der Waals surface area contributed by atoms with Crippen LogP contribution in [0.3, 0.4) is 0 Å². The molecule has 0 spiro atoms. The van der Waals surface area contributed by atoms with Crippen molar-refractivity contribution in [2.24, 2.45) is 5.73 Å². The first kappa shape index (κ1) is 16.4. The van der Waals surface area contributed by atoms with Crippen molar-refractivity contribution in [2.45, 2.75) is 77.8 Å². The standard InChI is InChI=1S/C19H32N2/c1-4-17(20)14-16-10-11-19(13-15(16)3)21-12-8-6-7-9-18(21)5-2/h10-11,13,17-18H,4-9,12,14,20H2,1-3H3. The van der Waals surface area contributed by atoms with Crippen molar-refractivity contribution in [1.82, 2.24) is 0 Å². The summed E-state index contributed by atoms with van der Waals surface area (Å²) in [6, 6.07) is 8.01. The highest BCUT2D eigenvalue weighted by Gasteiger charge is 2.20. The quantitative estimate of drug-likeness (QED) is 0.868. The Bertz CT molecular complexity index is 441. The molecule has 0 radical (unpaired) electrons. The molecule has 118 valence electrons. The molecule has 0 bridgehead atoms. The second kappa shape index (κ2) is 7.84. The van der Waals surface area contributed by atoms with E-state index in [2.05, 4.69) is 43.9 Å². The number of aryl methyl sites for hydroxylation is 1. The van der Waals surface area contributed by atoms with Gasteiger partial charge < -0.3 is 10.6 Å². The molecule has 1 heterocycles. The van der Waals surface area contributed by atoms with Crippen molar-refractivity contribution < 1.29 is 0 Å². The van der Waals surface area contributed by atoms with E-state index in [-0.39, 0.29) is 6.04 Å². The third-order valence-electron chi connectivity index (χ3n) is 5.01. The zero-order valence-corrected chi connectivity index (χ0v) is 14.1. The summed E-state index contributed by atoms with van der Waals surface area (Å²) < 4.78 is 0. The van der Waals surface area contributed by atoms with Crippen LogP contribution in [0.4, 0.5) is 5.69 Å². The average molecular weight is 288 g/mol. The molecule has 0 amide bonds. The van der Waals surface area contributed by atoms with Gasteiger partial charge in [-0.25, -0.2) is 0 Å². The molecule has 2 N–H and O–H groups in total. The van der Waals surface area contributed by atoms with Gasteiger partial charge in [-0.2, -0.15) is 0 Å². The molecule has 2 nitrogen and oxygen atoms in total. The minimum atomic E-state index is 0.288. The van der Waals surface area contributed by atoms with E-state index in [9.17, 15) is 0 Å². The van der Waals surface area contributed by atoms with Crippen LogP contribution in [0.1, 0.15) is 63.5 Å². The van der Waals surface area contributed by atoms with E-state index in [0.717, 1.165) is 18.9 Å². The predicted octanol–water partition coefficient (Wildman–Crippen LogP) is 4.43. The Hall–Kier alpha value is -1.02. The minimum absolute atomic E-state index is 0.288. The number of hydrogen-bond acceptors (Lipinski definition) is 2. The third-order valence-corrected chi connectivity index (χ3v) is 5.01. The molecule has 21 heavy (non-hydrogen) atoms. The van der Waals surface area contributed by atoms with E-state index < -0.39 is 0 Å². The molecule has 0 aliphatic carbocycles. The summed E-state index contributed by atoms with van der Waals surface area (Å²) >= 11 is 0.